The van der Waals surface area contributed by atoms with Crippen molar-refractivity contribution in [1.82, 2.24) is 0 Å². The molecule has 0 aliphatic rings. The minimum Gasteiger partial charge on any atom is -0.143 e. The smallest absolute Gasteiger partial charge is 0.00340 e. The maximum absolute atomic E-state index is 4.20. The highest BCUT2D eigenvalue weighted by molar-refractivity contribution is 7.84. The van der Waals surface area contributed by atoms with Crippen LogP contribution < -0.4 is 0 Å². The van der Waals surface area contributed by atoms with Crippen LogP contribution in [0.25, 0.3) is 0 Å². The lowest BCUT2D eigenvalue weighted by Gasteiger charge is -2.18. The highest BCUT2D eigenvalue weighted by Crippen LogP contribution is 2.24. The van der Waals surface area contributed by atoms with E-state index in [-0.39, 0.29) is 5.41 Å². The van der Waals surface area contributed by atoms with Crippen molar-refractivity contribution in [3.63, 3.8) is 0 Å². The second-order valence-electron chi connectivity index (χ2n) is 3.90. The zero-order valence-corrected chi connectivity index (χ0v) is 9.28. The average molecular weight is 182 g/mol. The van der Waals surface area contributed by atoms with Crippen LogP contribution in [0.2, 0.25) is 0 Å². The van der Waals surface area contributed by atoms with E-state index in [1.54, 1.807) is 6.08 Å². The Balaban J connectivity index is 4.49. The number of hydrogen-bond acceptors (Lipinski definition) is 1. The maximum atomic E-state index is 4.20. The third kappa shape index (κ3) is 4.45. The van der Waals surface area contributed by atoms with Crippen molar-refractivity contribution in [1.29, 1.82) is 0 Å². The molecule has 0 saturated heterocycles. The van der Waals surface area contributed by atoms with Crippen molar-refractivity contribution in [2.45, 2.75) is 27.7 Å². The highest BCUT2D eigenvalue weighted by atomic mass is 32.1. The highest BCUT2D eigenvalue weighted by Gasteiger charge is 2.10. The Kier molecular flexibility index (Phi) is 4.40. The van der Waals surface area contributed by atoms with Gasteiger partial charge in [0.05, 0.1) is 0 Å². The molecule has 0 aromatic rings. The topological polar surface area (TPSA) is 0 Å². The fourth-order valence-electron chi connectivity index (χ4n) is 0.528. The first-order valence-electron chi connectivity index (χ1n) is 4.08. The van der Waals surface area contributed by atoms with Gasteiger partial charge in [-0.25, -0.2) is 0 Å². The lowest BCUT2D eigenvalue weighted by molar-refractivity contribution is 0.504. The Bertz CT molecular complexity index is 214. The molecule has 0 N–H and O–H groups in total. The van der Waals surface area contributed by atoms with Gasteiger partial charge in [-0.1, -0.05) is 45.1 Å². The fourth-order valence-corrected chi connectivity index (χ4v) is 0.603. The molecule has 0 aliphatic heterocycles. The summed E-state index contributed by atoms with van der Waals surface area (Å²) < 4.78 is 0. The van der Waals surface area contributed by atoms with Crippen LogP contribution in [-0.4, -0.2) is 0 Å². The summed E-state index contributed by atoms with van der Waals surface area (Å²) in [7, 11) is 0. The quantitative estimate of drug-likeness (QED) is 0.484. The molecule has 0 amide bonds. The molecule has 12 heavy (non-hydrogen) atoms. The van der Waals surface area contributed by atoms with E-state index in [0.29, 0.717) is 0 Å². The third-order valence-electron chi connectivity index (χ3n) is 1.90. The van der Waals surface area contributed by atoms with Crippen molar-refractivity contribution in [3.8, 4) is 0 Å². The summed E-state index contributed by atoms with van der Waals surface area (Å²) in [5, 5.41) is 0. The Morgan fingerprint density at radius 2 is 1.75 bits per heavy atom. The van der Waals surface area contributed by atoms with Crippen molar-refractivity contribution in [3.05, 3.63) is 35.3 Å². The third-order valence-corrected chi connectivity index (χ3v) is 2.23. The first-order valence-corrected chi connectivity index (χ1v) is 4.53. The Morgan fingerprint density at radius 3 is 2.08 bits per heavy atom. The van der Waals surface area contributed by atoms with E-state index < -0.39 is 0 Å². The van der Waals surface area contributed by atoms with Gasteiger partial charge in [-0.05, 0) is 18.4 Å². The van der Waals surface area contributed by atoms with Crippen molar-refractivity contribution < 1.29 is 0 Å². The van der Waals surface area contributed by atoms with Gasteiger partial charge in [-0.15, -0.1) is 12.6 Å². The van der Waals surface area contributed by atoms with Crippen molar-refractivity contribution in [2.75, 3.05) is 0 Å². The molecule has 0 atom stereocenters. The molecule has 0 bridgehead atoms. The van der Waals surface area contributed by atoms with Crippen molar-refractivity contribution >= 4 is 12.6 Å². The van der Waals surface area contributed by atoms with E-state index in [0.717, 1.165) is 4.91 Å². The maximum Gasteiger partial charge on any atom is 0.00340 e. The Hall–Kier alpha value is -0.430. The Labute approximate surface area is 81.5 Å². The molecule has 0 aliphatic carbocycles. The summed E-state index contributed by atoms with van der Waals surface area (Å²) in [6, 6.07) is 0. The summed E-state index contributed by atoms with van der Waals surface area (Å²) in [5.74, 6) is 0. The predicted molar refractivity (Wildman–Crippen MR) is 60.5 cm³/mol. The van der Waals surface area contributed by atoms with Gasteiger partial charge in [0.2, 0.25) is 0 Å². The van der Waals surface area contributed by atoms with E-state index in [4.69, 9.17) is 0 Å². The van der Waals surface area contributed by atoms with Crippen LogP contribution in [-0.2, 0) is 0 Å². The number of allylic oxidation sites excluding steroid dienone is 4. The summed E-state index contributed by atoms with van der Waals surface area (Å²) in [6.07, 6.45) is 5.79. The minimum atomic E-state index is 0.242. The summed E-state index contributed by atoms with van der Waals surface area (Å²) in [6.45, 7) is 12.3. The van der Waals surface area contributed by atoms with Crippen LogP contribution in [0.3, 0.4) is 0 Å². The van der Waals surface area contributed by atoms with Gasteiger partial charge in [0.25, 0.3) is 0 Å². The molecule has 0 radical (unpaired) electrons. The molecule has 0 aromatic heterocycles. The summed E-state index contributed by atoms with van der Waals surface area (Å²) in [4.78, 5) is 0.901. The van der Waals surface area contributed by atoms with Crippen LogP contribution in [0, 0.1) is 5.41 Å². The minimum absolute atomic E-state index is 0.242. The molecule has 0 unspecified atom stereocenters. The normalized spacial score (nSPS) is 14.8. The standard InChI is InChI=1S/C11H18S/c1-6-10(12)8-7-9(2)11(3,4)5/h6-8,12H,1H2,2-5H3/b9-7+,10-8+. The summed E-state index contributed by atoms with van der Waals surface area (Å²) in [5.41, 5.74) is 1.59. The van der Waals surface area contributed by atoms with Gasteiger partial charge in [0, 0.05) is 4.91 Å². The zero-order valence-electron chi connectivity index (χ0n) is 8.39. The molecule has 0 aromatic carbocycles. The monoisotopic (exact) mass is 182 g/mol. The van der Waals surface area contributed by atoms with Crippen molar-refractivity contribution in [2.24, 2.45) is 5.41 Å². The molecule has 0 fully saturated rings. The lowest BCUT2D eigenvalue weighted by atomic mass is 9.87. The Morgan fingerprint density at radius 1 is 1.25 bits per heavy atom. The van der Waals surface area contributed by atoms with E-state index in [9.17, 15) is 0 Å². The first kappa shape index (κ1) is 11.6. The fraction of sp³-hybridized carbons (Fsp3) is 0.455. The van der Waals surface area contributed by atoms with Crippen LogP contribution >= 0.6 is 12.6 Å². The van der Waals surface area contributed by atoms with E-state index in [1.165, 1.54) is 5.57 Å². The first-order chi connectivity index (χ1) is 5.38. The van der Waals surface area contributed by atoms with Crippen LogP contribution in [0.4, 0.5) is 0 Å². The lowest BCUT2D eigenvalue weighted by Crippen LogP contribution is -2.05. The number of thiol groups is 1. The predicted octanol–water partition coefficient (Wildman–Crippen LogP) is 3.98. The SMILES string of the molecule is C=C/C(S)=C\C=C(/C)C(C)(C)C. The molecule has 1 heteroatoms. The zero-order chi connectivity index (χ0) is 9.78. The molecular weight excluding hydrogens is 164 g/mol. The molecule has 0 rings (SSSR count). The van der Waals surface area contributed by atoms with E-state index in [2.05, 4.69) is 53.0 Å². The molecule has 0 saturated carbocycles. The van der Waals surface area contributed by atoms with Gasteiger partial charge >= 0.3 is 0 Å². The molecular formula is C11H18S. The van der Waals surface area contributed by atoms with Crippen LogP contribution in [0.5, 0.6) is 0 Å². The van der Waals surface area contributed by atoms with Gasteiger partial charge < -0.3 is 0 Å². The molecule has 0 spiro atoms. The number of rotatable bonds is 2. The molecule has 0 nitrogen and oxygen atoms in total. The average Bonchev–Trinajstić information content (AvgIpc) is 1.97. The summed E-state index contributed by atoms with van der Waals surface area (Å²) >= 11 is 4.20. The second kappa shape index (κ2) is 4.56. The van der Waals surface area contributed by atoms with Crippen LogP contribution in [0.15, 0.2) is 35.3 Å². The van der Waals surface area contributed by atoms with E-state index >= 15 is 0 Å². The van der Waals surface area contributed by atoms with Gasteiger partial charge in [-0.3, -0.25) is 0 Å². The van der Waals surface area contributed by atoms with Crippen LogP contribution in [0.1, 0.15) is 27.7 Å². The number of hydrogen-bond donors (Lipinski definition) is 1. The van der Waals surface area contributed by atoms with E-state index in [1.807, 2.05) is 6.08 Å². The largest absolute Gasteiger partial charge is 0.143 e. The van der Waals surface area contributed by atoms with Gasteiger partial charge in [0.15, 0.2) is 0 Å². The van der Waals surface area contributed by atoms with Gasteiger partial charge in [0.1, 0.15) is 0 Å². The van der Waals surface area contributed by atoms with Gasteiger partial charge in [-0.2, -0.15) is 0 Å². The second-order valence-corrected chi connectivity index (χ2v) is 4.41. The molecule has 68 valence electrons. The molecule has 0 heterocycles.